The van der Waals surface area contributed by atoms with Crippen LogP contribution in [-0.2, 0) is 14.4 Å². The van der Waals surface area contributed by atoms with Crippen LogP contribution in [0.1, 0.15) is 39.5 Å². The molecule has 0 saturated carbocycles. The summed E-state index contributed by atoms with van der Waals surface area (Å²) in [6, 6.07) is -2.01. The molecule has 3 atom stereocenters. The van der Waals surface area contributed by atoms with Gasteiger partial charge in [0, 0.05) is 13.1 Å². The van der Waals surface area contributed by atoms with Gasteiger partial charge in [-0.05, 0) is 38.6 Å². The van der Waals surface area contributed by atoms with Crippen LogP contribution in [0.25, 0.3) is 0 Å². The number of nitrogens with one attached hydrogen (secondary N) is 2. The van der Waals surface area contributed by atoms with Crippen LogP contribution >= 0.6 is 0 Å². The fourth-order valence-electron chi connectivity index (χ4n) is 3.40. The second kappa shape index (κ2) is 11.6. The van der Waals surface area contributed by atoms with Crippen molar-refractivity contribution < 1.29 is 18.8 Å². The predicted molar refractivity (Wildman–Crippen MR) is 105 cm³/mol. The third-order valence-electron chi connectivity index (χ3n) is 4.86. The Labute approximate surface area is 165 Å². The van der Waals surface area contributed by atoms with E-state index in [0.29, 0.717) is 25.8 Å². The van der Waals surface area contributed by atoms with Gasteiger partial charge < -0.3 is 27.0 Å². The number of rotatable bonds is 11. The van der Waals surface area contributed by atoms with Crippen LogP contribution in [0.5, 0.6) is 0 Å². The lowest BCUT2D eigenvalue weighted by atomic mass is 10.0. The van der Waals surface area contributed by atoms with E-state index in [1.54, 1.807) is 11.9 Å². The van der Waals surface area contributed by atoms with Crippen molar-refractivity contribution in [1.29, 1.82) is 0 Å². The normalized spacial score (nSPS) is 18.6. The molecule has 0 radical (unpaired) electrons. The molecule has 28 heavy (non-hydrogen) atoms. The van der Waals surface area contributed by atoms with E-state index >= 15 is 0 Å². The van der Waals surface area contributed by atoms with Crippen LogP contribution in [0.4, 0.5) is 4.39 Å². The molecule has 0 aromatic carbocycles. The molecule has 2 amide bonds. The van der Waals surface area contributed by atoms with Crippen LogP contribution in [0.2, 0.25) is 0 Å². The van der Waals surface area contributed by atoms with Crippen LogP contribution in [0.15, 0.2) is 4.99 Å². The number of guanidine groups is 1. The lowest BCUT2D eigenvalue weighted by Crippen LogP contribution is -2.55. The summed E-state index contributed by atoms with van der Waals surface area (Å²) in [5.41, 5.74) is 10.5. The van der Waals surface area contributed by atoms with Crippen molar-refractivity contribution in [2.75, 3.05) is 26.8 Å². The maximum absolute atomic E-state index is 12.9. The van der Waals surface area contributed by atoms with Crippen molar-refractivity contribution >= 4 is 23.6 Å². The lowest BCUT2D eigenvalue weighted by molar-refractivity contribution is -0.141. The lowest BCUT2D eigenvalue weighted by Gasteiger charge is -2.30. The highest BCUT2D eigenvalue weighted by atomic mass is 19.1. The van der Waals surface area contributed by atoms with Gasteiger partial charge in [0.15, 0.2) is 11.7 Å². The number of likely N-dealkylation sites (tertiary alicyclic amines) is 1. The van der Waals surface area contributed by atoms with Crippen LogP contribution in [0.3, 0.4) is 0 Å². The molecule has 160 valence electrons. The smallest absolute Gasteiger partial charge is 0.243 e. The third kappa shape index (κ3) is 6.74. The Morgan fingerprint density at radius 3 is 2.50 bits per heavy atom. The first-order chi connectivity index (χ1) is 13.2. The van der Waals surface area contributed by atoms with Gasteiger partial charge in [-0.25, -0.2) is 4.39 Å². The summed E-state index contributed by atoms with van der Waals surface area (Å²) < 4.78 is 12.9. The summed E-state index contributed by atoms with van der Waals surface area (Å²) >= 11 is 0. The summed E-state index contributed by atoms with van der Waals surface area (Å²) in [4.78, 5) is 42.8. The van der Waals surface area contributed by atoms with E-state index in [-0.39, 0.29) is 30.8 Å². The van der Waals surface area contributed by atoms with Crippen molar-refractivity contribution in [3.05, 3.63) is 0 Å². The van der Waals surface area contributed by atoms with Gasteiger partial charge in [-0.1, -0.05) is 13.8 Å². The van der Waals surface area contributed by atoms with Gasteiger partial charge in [0.2, 0.25) is 11.8 Å². The van der Waals surface area contributed by atoms with Gasteiger partial charge >= 0.3 is 0 Å². The van der Waals surface area contributed by atoms with Gasteiger partial charge in [0.25, 0.3) is 0 Å². The van der Waals surface area contributed by atoms with Gasteiger partial charge in [-0.3, -0.25) is 19.4 Å². The highest BCUT2D eigenvalue weighted by molar-refractivity contribution is 5.94. The number of nitrogens with zero attached hydrogens (tertiary/aromatic N) is 2. The molecule has 3 unspecified atom stereocenters. The molecule has 0 aliphatic carbocycles. The molecule has 10 heteroatoms. The van der Waals surface area contributed by atoms with E-state index in [4.69, 9.17) is 11.5 Å². The average molecular weight is 400 g/mol. The second-order valence-corrected chi connectivity index (χ2v) is 7.31. The molecule has 1 fully saturated rings. The summed E-state index contributed by atoms with van der Waals surface area (Å²) in [5.74, 6) is -1.28. The number of halogens is 1. The SMILES string of the molecule is CNC(C(=O)N1CCCC1C(=O)NC(CCCN=C(N)N)C(=O)CF)C(C)C. The molecule has 1 saturated heterocycles. The predicted octanol–water partition coefficient (Wildman–Crippen LogP) is -0.702. The van der Waals surface area contributed by atoms with Gasteiger partial charge in [0.05, 0.1) is 12.1 Å². The maximum Gasteiger partial charge on any atom is 0.243 e. The molecular formula is C18H33FN6O3. The van der Waals surface area contributed by atoms with E-state index in [9.17, 15) is 18.8 Å². The molecular weight excluding hydrogens is 367 g/mol. The average Bonchev–Trinajstić information content (AvgIpc) is 3.13. The number of Topliss-reactive ketones (excluding diaryl/α,β-unsaturated/α-hetero) is 1. The third-order valence-corrected chi connectivity index (χ3v) is 4.86. The molecule has 1 aliphatic heterocycles. The van der Waals surface area contributed by atoms with Gasteiger partial charge in [0.1, 0.15) is 12.7 Å². The van der Waals surface area contributed by atoms with E-state index in [2.05, 4.69) is 15.6 Å². The first-order valence-electron chi connectivity index (χ1n) is 9.65. The fourth-order valence-corrected chi connectivity index (χ4v) is 3.40. The van der Waals surface area contributed by atoms with Crippen molar-refractivity contribution in [1.82, 2.24) is 15.5 Å². The second-order valence-electron chi connectivity index (χ2n) is 7.31. The number of carbonyl (C=O) groups is 3. The minimum Gasteiger partial charge on any atom is -0.370 e. The molecule has 1 aliphatic rings. The van der Waals surface area contributed by atoms with Gasteiger partial charge in [-0.15, -0.1) is 0 Å². The number of hydrogen-bond donors (Lipinski definition) is 4. The Morgan fingerprint density at radius 2 is 1.96 bits per heavy atom. The Hall–Kier alpha value is -2.23. The minimum absolute atomic E-state index is 0.0678. The Bertz CT molecular complexity index is 580. The van der Waals surface area contributed by atoms with Crippen molar-refractivity contribution in [3.8, 4) is 0 Å². The van der Waals surface area contributed by atoms with Crippen molar-refractivity contribution in [3.63, 3.8) is 0 Å². The monoisotopic (exact) mass is 400 g/mol. The number of carbonyl (C=O) groups excluding carboxylic acids is 3. The van der Waals surface area contributed by atoms with Crippen LogP contribution < -0.4 is 22.1 Å². The fraction of sp³-hybridized carbons (Fsp3) is 0.778. The van der Waals surface area contributed by atoms with E-state index in [1.807, 2.05) is 13.8 Å². The van der Waals surface area contributed by atoms with E-state index < -0.39 is 36.5 Å². The van der Waals surface area contributed by atoms with E-state index in [1.165, 1.54) is 0 Å². The highest BCUT2D eigenvalue weighted by Gasteiger charge is 2.38. The molecule has 0 spiro atoms. The number of ketones is 1. The summed E-state index contributed by atoms with van der Waals surface area (Å²) in [5, 5.41) is 5.60. The zero-order valence-electron chi connectivity index (χ0n) is 16.9. The number of hydrogen-bond acceptors (Lipinski definition) is 5. The minimum atomic E-state index is -1.17. The quantitative estimate of drug-likeness (QED) is 0.205. The number of nitrogens with two attached hydrogens (primary N) is 2. The van der Waals surface area contributed by atoms with Crippen molar-refractivity contribution in [2.24, 2.45) is 22.4 Å². The highest BCUT2D eigenvalue weighted by Crippen LogP contribution is 2.20. The standard InChI is InChI=1S/C18H33FN6O3/c1-11(2)15(22-3)17(28)25-9-5-7-13(25)16(27)24-12(14(26)10-19)6-4-8-23-18(20)21/h11-13,15,22H,4-10H2,1-3H3,(H,24,27)(H4,20,21,23). The Balaban J connectivity index is 2.78. The van der Waals surface area contributed by atoms with Gasteiger partial charge in [-0.2, -0.15) is 0 Å². The Kier molecular flexibility index (Phi) is 9.84. The Morgan fingerprint density at radius 1 is 1.29 bits per heavy atom. The zero-order chi connectivity index (χ0) is 21.3. The molecule has 1 rings (SSSR count). The summed E-state index contributed by atoms with van der Waals surface area (Å²) in [6.45, 7) is 3.44. The molecule has 0 aromatic heterocycles. The maximum atomic E-state index is 12.9. The molecule has 6 N–H and O–H groups in total. The summed E-state index contributed by atoms with van der Waals surface area (Å²) in [7, 11) is 1.71. The number of amides is 2. The molecule has 1 heterocycles. The molecule has 0 bridgehead atoms. The van der Waals surface area contributed by atoms with Crippen molar-refractivity contribution in [2.45, 2.75) is 57.7 Å². The van der Waals surface area contributed by atoms with Crippen LogP contribution in [-0.4, -0.2) is 73.4 Å². The van der Waals surface area contributed by atoms with Crippen LogP contribution in [0, 0.1) is 5.92 Å². The topological polar surface area (TPSA) is 143 Å². The first-order valence-corrected chi connectivity index (χ1v) is 9.65. The number of aliphatic imine (C=N–C) groups is 1. The molecule has 9 nitrogen and oxygen atoms in total. The molecule has 0 aromatic rings. The van der Waals surface area contributed by atoms with E-state index in [0.717, 1.165) is 0 Å². The first kappa shape index (κ1) is 23.8. The number of alkyl halides is 1. The zero-order valence-corrected chi connectivity index (χ0v) is 16.9. The number of likely N-dealkylation sites (N-methyl/N-ethyl adjacent to an activating group) is 1. The largest absolute Gasteiger partial charge is 0.370 e. The summed E-state index contributed by atoms with van der Waals surface area (Å²) in [6.07, 6.45) is 1.84.